The summed E-state index contributed by atoms with van der Waals surface area (Å²) in [5, 5.41) is 0. The summed E-state index contributed by atoms with van der Waals surface area (Å²) in [6, 6.07) is 0. The first kappa shape index (κ1) is 32.4. The minimum atomic E-state index is -5.05. The summed E-state index contributed by atoms with van der Waals surface area (Å²) in [6.07, 6.45) is 0. The number of hydrogen-bond acceptors (Lipinski definition) is 3. The average molecular weight is 524 g/mol. The van der Waals surface area contributed by atoms with E-state index in [1.54, 1.807) is 0 Å². The molecule has 7 nitrogen and oxygen atoms in total. The molecular formula is H8O7P2Rb4. The van der Waals surface area contributed by atoms with Crippen LogP contribution in [0.15, 0.2) is 0 Å². The van der Waals surface area contributed by atoms with Crippen molar-refractivity contribution >= 4 is 15.6 Å². The first-order valence-electron chi connectivity index (χ1n) is 1.53. The summed E-state index contributed by atoms with van der Waals surface area (Å²) in [5.41, 5.74) is 0. The summed E-state index contributed by atoms with van der Waals surface area (Å²) in [6.45, 7) is 0. The van der Waals surface area contributed by atoms with Crippen molar-refractivity contribution < 1.29 is 271 Å². The molecule has 13 heavy (non-hydrogen) atoms. The molecule has 0 unspecified atom stereocenters. The molecule has 0 aliphatic heterocycles. The van der Waals surface area contributed by atoms with E-state index in [0.717, 1.165) is 0 Å². The second kappa shape index (κ2) is 15.9. The van der Waals surface area contributed by atoms with Gasteiger partial charge in [-0.15, -0.1) is 0 Å². The second-order valence-corrected chi connectivity index (χ2v) is 3.68. The minimum absolute atomic E-state index is 0. The fourth-order valence-corrected chi connectivity index (χ4v) is 1.25. The van der Waals surface area contributed by atoms with Crippen LogP contribution in [0.1, 0.15) is 5.71 Å². The quantitative estimate of drug-likeness (QED) is 0.265. The van der Waals surface area contributed by atoms with Crippen LogP contribution in [0.3, 0.4) is 0 Å². The van der Waals surface area contributed by atoms with E-state index in [1.807, 2.05) is 0 Å². The van der Waals surface area contributed by atoms with E-state index >= 15 is 0 Å². The smallest absolute Gasteiger partial charge is 1.00 e. The van der Waals surface area contributed by atoms with E-state index in [-0.39, 0.29) is 238 Å². The van der Waals surface area contributed by atoms with Crippen molar-refractivity contribution in [2.75, 3.05) is 0 Å². The predicted octanol–water partition coefficient (Wildman–Crippen LogP) is -12.3. The summed E-state index contributed by atoms with van der Waals surface area (Å²) in [7, 11) is -10.1. The van der Waals surface area contributed by atoms with Crippen molar-refractivity contribution in [3.8, 4) is 0 Å². The van der Waals surface area contributed by atoms with Crippen LogP contribution in [0.25, 0.3) is 0 Å². The van der Waals surface area contributed by atoms with E-state index in [0.29, 0.717) is 0 Å². The van der Waals surface area contributed by atoms with Crippen LogP contribution in [0.4, 0.5) is 0 Å². The van der Waals surface area contributed by atoms with Crippen LogP contribution in [0, 0.1) is 0 Å². The topological polar surface area (TPSA) is 124 Å². The molecule has 0 aliphatic rings. The Morgan fingerprint density at radius 3 is 0.923 bits per heavy atom. The molecule has 4 N–H and O–H groups in total. The average Bonchev–Trinajstić information content (AvgIpc) is 1.14. The molecule has 0 atom stereocenters. The number of rotatable bonds is 2. The number of hydrogen-bond donors (Lipinski definition) is 4. The monoisotopic (exact) mass is 522 g/mol. The van der Waals surface area contributed by atoms with Crippen molar-refractivity contribution in [2.24, 2.45) is 0 Å². The molecule has 0 aliphatic carbocycles. The third-order valence-electron chi connectivity index (χ3n) is 0.213. The molecule has 0 saturated carbocycles. The Morgan fingerprint density at radius 2 is 0.923 bits per heavy atom. The standard InChI is InChI=1S/H4O7P2.4Rb.4H/c1-8(2,3)7-9(4,5)6;;;;;;;;/h(H2,1,2,3)(H2,4,5,6);;;;;;;;/q;4*+1;4*-1. The maximum Gasteiger partial charge on any atom is 1.00 e. The normalized spacial score (nSPS) is 9.54. The van der Waals surface area contributed by atoms with Crippen LogP contribution >= 0.6 is 15.6 Å². The zero-order valence-electron chi connectivity index (χ0n) is 11.9. The summed E-state index contributed by atoms with van der Waals surface area (Å²) >= 11 is 0. The molecule has 0 amide bonds. The Balaban J connectivity index is -0.0000000114. The molecule has 0 aromatic heterocycles. The summed E-state index contributed by atoms with van der Waals surface area (Å²) < 4.78 is 22.2. The van der Waals surface area contributed by atoms with Crippen molar-refractivity contribution in [1.29, 1.82) is 0 Å². The van der Waals surface area contributed by atoms with E-state index in [2.05, 4.69) is 4.31 Å². The minimum Gasteiger partial charge on any atom is -1.00 e. The van der Waals surface area contributed by atoms with E-state index in [1.165, 1.54) is 0 Å². The molecule has 0 heterocycles. The summed E-state index contributed by atoms with van der Waals surface area (Å²) in [4.78, 5) is 31.0. The summed E-state index contributed by atoms with van der Waals surface area (Å²) in [5.74, 6) is 0. The van der Waals surface area contributed by atoms with Crippen LogP contribution < -0.4 is 233 Å². The van der Waals surface area contributed by atoms with E-state index in [9.17, 15) is 9.13 Å². The van der Waals surface area contributed by atoms with Crippen LogP contribution in [0.2, 0.25) is 0 Å². The molecule has 13 heteroatoms. The van der Waals surface area contributed by atoms with E-state index < -0.39 is 15.6 Å². The molecule has 0 saturated heterocycles. The Hall–Kier alpha value is 7.48. The zero-order chi connectivity index (χ0) is 7.71. The van der Waals surface area contributed by atoms with Gasteiger partial charge in [0.25, 0.3) is 0 Å². The molecule has 64 valence electrons. The largest absolute Gasteiger partial charge is 1.00 e. The van der Waals surface area contributed by atoms with Crippen molar-refractivity contribution in [2.45, 2.75) is 0 Å². The van der Waals surface area contributed by atoms with Gasteiger partial charge in [-0.05, 0) is 0 Å². The van der Waals surface area contributed by atoms with Gasteiger partial charge in [0, 0.05) is 0 Å². The molecule has 0 fully saturated rings. The fourth-order valence-electron chi connectivity index (χ4n) is 0.139. The van der Waals surface area contributed by atoms with Gasteiger partial charge in [0.1, 0.15) is 0 Å². The Labute approximate surface area is 277 Å². The molecule has 0 bridgehead atoms. The van der Waals surface area contributed by atoms with Gasteiger partial charge in [0.05, 0.1) is 0 Å². The van der Waals surface area contributed by atoms with Gasteiger partial charge < -0.3 is 25.3 Å². The molecule has 0 spiro atoms. The molecule has 0 aromatic rings. The van der Waals surface area contributed by atoms with Gasteiger partial charge in [-0.2, -0.15) is 4.31 Å². The maximum absolute atomic E-state index is 9.63. The Morgan fingerprint density at radius 1 is 0.769 bits per heavy atom. The van der Waals surface area contributed by atoms with Crippen LogP contribution in [-0.4, -0.2) is 19.6 Å². The van der Waals surface area contributed by atoms with Gasteiger partial charge in [0.15, 0.2) is 0 Å². The second-order valence-electron chi connectivity index (χ2n) is 1.06. The van der Waals surface area contributed by atoms with Crippen molar-refractivity contribution in [1.82, 2.24) is 0 Å². The van der Waals surface area contributed by atoms with Crippen molar-refractivity contribution in [3.63, 3.8) is 0 Å². The zero-order valence-corrected chi connectivity index (χ0v) is 29.4. The number of phosphoric acid groups is 2. The fraction of sp³-hybridized carbons (Fsp3) is 0. The van der Waals surface area contributed by atoms with Crippen LogP contribution in [-0.2, 0) is 13.4 Å². The molecule has 0 rings (SSSR count). The first-order valence-corrected chi connectivity index (χ1v) is 4.59. The van der Waals surface area contributed by atoms with Crippen LogP contribution in [0.5, 0.6) is 0 Å². The van der Waals surface area contributed by atoms with Gasteiger partial charge in [-0.1, -0.05) is 0 Å². The van der Waals surface area contributed by atoms with Gasteiger partial charge >= 0.3 is 248 Å². The molecule has 0 aromatic carbocycles. The third-order valence-corrected chi connectivity index (χ3v) is 1.91. The molecule has 0 radical (unpaired) electrons. The third kappa shape index (κ3) is 32.8. The van der Waals surface area contributed by atoms with Gasteiger partial charge in [-0.25, -0.2) is 9.13 Å². The van der Waals surface area contributed by atoms with Crippen molar-refractivity contribution in [3.05, 3.63) is 0 Å². The predicted molar refractivity (Wildman–Crippen MR) is 29.6 cm³/mol. The van der Waals surface area contributed by atoms with E-state index in [4.69, 9.17) is 19.6 Å². The SMILES string of the molecule is O=P(O)(O)OP(=O)(O)O.[H-].[H-].[H-].[H-].[Rb+].[Rb+].[Rb+].[Rb+]. The van der Waals surface area contributed by atoms with Gasteiger partial charge in [-0.3, -0.25) is 0 Å². The first-order chi connectivity index (χ1) is 3.71. The Kier molecular flexibility index (Phi) is 39.6. The van der Waals surface area contributed by atoms with Gasteiger partial charge in [0.2, 0.25) is 0 Å². The Bertz CT molecular complexity index is 172. The maximum atomic E-state index is 9.63. The molecular weight excluding hydrogens is 516 g/mol.